The average molecular weight is 305 g/mol. The van der Waals surface area contributed by atoms with Gasteiger partial charge in [0.1, 0.15) is 11.6 Å². The van der Waals surface area contributed by atoms with E-state index in [1.807, 2.05) is 6.92 Å². The highest BCUT2D eigenvalue weighted by Crippen LogP contribution is 2.26. The lowest BCUT2D eigenvalue weighted by atomic mass is 10.0. The van der Waals surface area contributed by atoms with E-state index in [9.17, 15) is 0 Å². The molecule has 0 spiro atoms. The van der Waals surface area contributed by atoms with Crippen molar-refractivity contribution in [3.05, 3.63) is 17.1 Å². The van der Waals surface area contributed by atoms with Crippen LogP contribution in [0.15, 0.2) is 0 Å². The molecule has 3 rings (SSSR count). The van der Waals surface area contributed by atoms with Gasteiger partial charge in [-0.3, -0.25) is 4.90 Å². The van der Waals surface area contributed by atoms with Gasteiger partial charge < -0.3 is 14.5 Å². The first-order chi connectivity index (χ1) is 10.7. The van der Waals surface area contributed by atoms with Crippen LogP contribution in [-0.4, -0.2) is 79.8 Å². The second kappa shape index (κ2) is 6.89. The number of methoxy groups -OCH3 is 1. The van der Waals surface area contributed by atoms with Gasteiger partial charge >= 0.3 is 0 Å². The summed E-state index contributed by atoms with van der Waals surface area (Å²) in [5.41, 5.74) is 2.59. The fourth-order valence-electron chi connectivity index (χ4n) is 3.33. The standard InChI is InChI=1S/C16H27N5O/c1-13-17-15-12-19(2)5-4-14(15)16(18-13)21-8-6-20(7-9-21)10-11-22-3/h4-12H2,1-3H3. The Morgan fingerprint density at radius 1 is 1.09 bits per heavy atom. The Bertz CT molecular complexity index is 514. The van der Waals surface area contributed by atoms with Gasteiger partial charge in [-0.25, -0.2) is 9.97 Å². The molecule has 1 aromatic rings. The van der Waals surface area contributed by atoms with Crippen molar-refractivity contribution in [2.75, 3.05) is 64.9 Å². The summed E-state index contributed by atoms with van der Waals surface area (Å²) < 4.78 is 5.18. The van der Waals surface area contributed by atoms with Crippen molar-refractivity contribution in [3.63, 3.8) is 0 Å². The molecule has 1 saturated heterocycles. The summed E-state index contributed by atoms with van der Waals surface area (Å²) >= 11 is 0. The van der Waals surface area contributed by atoms with E-state index < -0.39 is 0 Å². The molecule has 1 aromatic heterocycles. The number of fused-ring (bicyclic) bond motifs is 1. The van der Waals surface area contributed by atoms with Gasteiger partial charge in [0.15, 0.2) is 0 Å². The summed E-state index contributed by atoms with van der Waals surface area (Å²) in [5, 5.41) is 0. The number of ether oxygens (including phenoxy) is 1. The third kappa shape index (κ3) is 3.39. The number of hydrogen-bond donors (Lipinski definition) is 0. The zero-order valence-corrected chi connectivity index (χ0v) is 14.0. The van der Waals surface area contributed by atoms with Crippen LogP contribution in [0.1, 0.15) is 17.1 Å². The number of piperazine rings is 1. The molecule has 2 aliphatic rings. The maximum Gasteiger partial charge on any atom is 0.135 e. The van der Waals surface area contributed by atoms with Gasteiger partial charge in [-0.2, -0.15) is 0 Å². The van der Waals surface area contributed by atoms with E-state index in [2.05, 4.69) is 26.7 Å². The predicted molar refractivity (Wildman–Crippen MR) is 87.3 cm³/mol. The maximum atomic E-state index is 5.18. The summed E-state index contributed by atoms with van der Waals surface area (Å²) in [6.07, 6.45) is 1.06. The highest BCUT2D eigenvalue weighted by molar-refractivity contribution is 5.50. The zero-order valence-electron chi connectivity index (χ0n) is 14.0. The highest BCUT2D eigenvalue weighted by Gasteiger charge is 2.25. The van der Waals surface area contributed by atoms with E-state index in [0.717, 1.165) is 64.7 Å². The van der Waals surface area contributed by atoms with E-state index >= 15 is 0 Å². The molecule has 0 unspecified atom stereocenters. The number of anilines is 1. The second-order valence-electron chi connectivity index (χ2n) is 6.33. The third-order valence-corrected chi connectivity index (χ3v) is 4.63. The monoisotopic (exact) mass is 305 g/mol. The molecule has 0 aromatic carbocycles. The summed E-state index contributed by atoms with van der Waals surface area (Å²) in [6, 6.07) is 0. The van der Waals surface area contributed by atoms with E-state index in [1.165, 1.54) is 17.1 Å². The fourth-order valence-corrected chi connectivity index (χ4v) is 3.33. The van der Waals surface area contributed by atoms with Crippen LogP contribution in [0.3, 0.4) is 0 Å². The van der Waals surface area contributed by atoms with Crippen LogP contribution in [0, 0.1) is 6.92 Å². The van der Waals surface area contributed by atoms with Crippen LogP contribution in [0.4, 0.5) is 5.82 Å². The molecule has 2 aliphatic heterocycles. The predicted octanol–water partition coefficient (Wildman–Crippen LogP) is 0.541. The Hall–Kier alpha value is -1.24. The molecule has 0 bridgehead atoms. The van der Waals surface area contributed by atoms with Gasteiger partial charge in [-0.05, 0) is 20.4 Å². The largest absolute Gasteiger partial charge is 0.383 e. The molecule has 1 fully saturated rings. The fraction of sp³-hybridized carbons (Fsp3) is 0.750. The Kier molecular flexibility index (Phi) is 4.90. The van der Waals surface area contributed by atoms with Crippen LogP contribution in [0.25, 0.3) is 0 Å². The summed E-state index contributed by atoms with van der Waals surface area (Å²) in [4.78, 5) is 16.7. The molecule has 0 atom stereocenters. The number of aryl methyl sites for hydroxylation is 1. The van der Waals surface area contributed by atoms with Crippen molar-refractivity contribution in [2.24, 2.45) is 0 Å². The second-order valence-corrected chi connectivity index (χ2v) is 6.33. The van der Waals surface area contributed by atoms with Crippen LogP contribution < -0.4 is 4.90 Å². The highest BCUT2D eigenvalue weighted by atomic mass is 16.5. The van der Waals surface area contributed by atoms with Crippen LogP contribution >= 0.6 is 0 Å². The minimum Gasteiger partial charge on any atom is -0.383 e. The maximum absolute atomic E-state index is 5.18. The van der Waals surface area contributed by atoms with E-state index in [4.69, 9.17) is 9.72 Å². The van der Waals surface area contributed by atoms with Gasteiger partial charge in [-0.1, -0.05) is 0 Å². The molecule has 0 N–H and O–H groups in total. The lowest BCUT2D eigenvalue weighted by Crippen LogP contribution is -2.48. The SMILES string of the molecule is COCCN1CCN(c2nc(C)nc3c2CCN(C)C3)CC1. The molecule has 6 heteroatoms. The Morgan fingerprint density at radius 2 is 1.86 bits per heavy atom. The molecular weight excluding hydrogens is 278 g/mol. The lowest BCUT2D eigenvalue weighted by molar-refractivity contribution is 0.144. The van der Waals surface area contributed by atoms with Crippen LogP contribution in [-0.2, 0) is 17.7 Å². The quantitative estimate of drug-likeness (QED) is 0.809. The molecule has 0 amide bonds. The van der Waals surface area contributed by atoms with Crippen molar-refractivity contribution in [1.29, 1.82) is 0 Å². The smallest absolute Gasteiger partial charge is 0.135 e. The van der Waals surface area contributed by atoms with Gasteiger partial charge in [0, 0.05) is 58.5 Å². The number of nitrogens with zero attached hydrogens (tertiary/aromatic N) is 5. The van der Waals surface area contributed by atoms with Crippen molar-refractivity contribution in [3.8, 4) is 0 Å². The first-order valence-corrected chi connectivity index (χ1v) is 8.18. The van der Waals surface area contributed by atoms with Crippen LogP contribution in [0.2, 0.25) is 0 Å². The summed E-state index contributed by atoms with van der Waals surface area (Å²) in [5.74, 6) is 2.08. The minimum atomic E-state index is 0.814. The van der Waals surface area contributed by atoms with Gasteiger partial charge in [-0.15, -0.1) is 0 Å². The molecule has 22 heavy (non-hydrogen) atoms. The number of aromatic nitrogens is 2. The molecule has 3 heterocycles. The minimum absolute atomic E-state index is 0.814. The van der Waals surface area contributed by atoms with Gasteiger partial charge in [0.25, 0.3) is 0 Å². The Balaban J connectivity index is 1.73. The Labute approximate surface area is 133 Å². The summed E-state index contributed by atoms with van der Waals surface area (Å²) in [6.45, 7) is 10.1. The first kappa shape index (κ1) is 15.6. The van der Waals surface area contributed by atoms with E-state index in [-0.39, 0.29) is 0 Å². The molecule has 122 valence electrons. The average Bonchev–Trinajstić information content (AvgIpc) is 2.52. The van der Waals surface area contributed by atoms with Crippen molar-refractivity contribution in [2.45, 2.75) is 19.9 Å². The summed E-state index contributed by atoms with van der Waals surface area (Å²) in [7, 11) is 3.93. The first-order valence-electron chi connectivity index (χ1n) is 8.18. The number of likely N-dealkylation sites (N-methyl/N-ethyl adjacent to an activating group) is 1. The van der Waals surface area contributed by atoms with E-state index in [0.29, 0.717) is 0 Å². The molecule has 0 radical (unpaired) electrons. The van der Waals surface area contributed by atoms with Crippen molar-refractivity contribution in [1.82, 2.24) is 19.8 Å². The number of hydrogen-bond acceptors (Lipinski definition) is 6. The van der Waals surface area contributed by atoms with Crippen LogP contribution in [0.5, 0.6) is 0 Å². The van der Waals surface area contributed by atoms with Crippen molar-refractivity contribution < 1.29 is 4.74 Å². The topological polar surface area (TPSA) is 44.7 Å². The molecular formula is C16H27N5O. The number of rotatable bonds is 4. The Morgan fingerprint density at radius 3 is 2.59 bits per heavy atom. The van der Waals surface area contributed by atoms with Gasteiger partial charge in [0.05, 0.1) is 12.3 Å². The lowest BCUT2D eigenvalue weighted by Gasteiger charge is -2.37. The van der Waals surface area contributed by atoms with Crippen molar-refractivity contribution >= 4 is 5.82 Å². The normalized spacial score (nSPS) is 20.2. The third-order valence-electron chi connectivity index (χ3n) is 4.63. The zero-order chi connectivity index (χ0) is 15.5. The molecule has 0 saturated carbocycles. The van der Waals surface area contributed by atoms with E-state index in [1.54, 1.807) is 7.11 Å². The molecule has 0 aliphatic carbocycles. The van der Waals surface area contributed by atoms with Gasteiger partial charge in [0.2, 0.25) is 0 Å². The molecule has 6 nitrogen and oxygen atoms in total.